The van der Waals surface area contributed by atoms with Crippen molar-refractivity contribution in [2.75, 3.05) is 7.05 Å². The zero-order valence-corrected chi connectivity index (χ0v) is 11.1. The normalized spacial score (nSPS) is 13.1. The van der Waals surface area contributed by atoms with E-state index < -0.39 is 6.36 Å². The first-order valence-corrected chi connectivity index (χ1v) is 6.05. The van der Waals surface area contributed by atoms with Crippen molar-refractivity contribution >= 4 is 0 Å². The fourth-order valence-electron chi connectivity index (χ4n) is 1.72. The molecule has 1 unspecified atom stereocenters. The predicted octanol–water partition coefficient (Wildman–Crippen LogP) is 4.20. The van der Waals surface area contributed by atoms with Gasteiger partial charge in [-0.05, 0) is 37.6 Å². The van der Waals surface area contributed by atoms with E-state index in [2.05, 4.69) is 16.6 Å². The third-order valence-electron chi connectivity index (χ3n) is 2.86. The van der Waals surface area contributed by atoms with Crippen LogP contribution in [0.25, 0.3) is 0 Å². The van der Waals surface area contributed by atoms with Gasteiger partial charge in [0.05, 0.1) is 0 Å². The lowest BCUT2D eigenvalue weighted by Crippen LogP contribution is -2.18. The lowest BCUT2D eigenvalue weighted by Gasteiger charge is -2.18. The summed E-state index contributed by atoms with van der Waals surface area (Å²) in [5.74, 6) is -0.208. The monoisotopic (exact) mass is 273 g/mol. The van der Waals surface area contributed by atoms with Crippen LogP contribution in [0.4, 0.5) is 13.2 Å². The Hall–Kier alpha value is -1.49. The quantitative estimate of drug-likeness (QED) is 0.784. The largest absolute Gasteiger partial charge is 0.573 e. The van der Waals surface area contributed by atoms with Gasteiger partial charge in [0.1, 0.15) is 5.75 Å². The van der Waals surface area contributed by atoms with Crippen molar-refractivity contribution in [3.05, 3.63) is 42.0 Å². The van der Waals surface area contributed by atoms with E-state index in [9.17, 15) is 13.2 Å². The SMILES string of the molecule is C=C(CC)CC(NC)c1ccc(OC(F)(F)F)cc1. The molecule has 106 valence electrons. The Morgan fingerprint density at radius 3 is 2.32 bits per heavy atom. The molecule has 1 atom stereocenters. The summed E-state index contributed by atoms with van der Waals surface area (Å²) in [4.78, 5) is 0. The molecular weight excluding hydrogens is 255 g/mol. The second-order valence-electron chi connectivity index (χ2n) is 4.27. The Morgan fingerprint density at radius 1 is 1.32 bits per heavy atom. The van der Waals surface area contributed by atoms with E-state index in [1.54, 1.807) is 12.1 Å². The van der Waals surface area contributed by atoms with Crippen LogP contribution in [-0.2, 0) is 0 Å². The Labute approximate surface area is 111 Å². The number of alkyl halides is 3. The van der Waals surface area contributed by atoms with Gasteiger partial charge in [-0.3, -0.25) is 0 Å². The van der Waals surface area contributed by atoms with Crippen LogP contribution in [0.15, 0.2) is 36.4 Å². The molecule has 0 fully saturated rings. The molecule has 1 rings (SSSR count). The maximum atomic E-state index is 12.0. The maximum Gasteiger partial charge on any atom is 0.573 e. The van der Waals surface area contributed by atoms with E-state index in [4.69, 9.17) is 0 Å². The molecule has 0 aliphatic heterocycles. The van der Waals surface area contributed by atoms with Crippen molar-refractivity contribution < 1.29 is 17.9 Å². The third kappa shape index (κ3) is 5.34. The predicted molar refractivity (Wildman–Crippen MR) is 69.0 cm³/mol. The van der Waals surface area contributed by atoms with Crippen molar-refractivity contribution in [1.82, 2.24) is 5.32 Å². The van der Waals surface area contributed by atoms with Crippen LogP contribution in [0.5, 0.6) is 5.75 Å². The number of benzene rings is 1. The number of ether oxygens (including phenoxy) is 1. The van der Waals surface area contributed by atoms with E-state index in [1.807, 2.05) is 14.0 Å². The van der Waals surface area contributed by atoms with E-state index in [-0.39, 0.29) is 11.8 Å². The maximum absolute atomic E-state index is 12.0. The van der Waals surface area contributed by atoms with Crippen LogP contribution in [0.1, 0.15) is 31.4 Å². The van der Waals surface area contributed by atoms with Crippen LogP contribution in [0.2, 0.25) is 0 Å². The Balaban J connectivity index is 2.76. The topological polar surface area (TPSA) is 21.3 Å². The average molecular weight is 273 g/mol. The van der Waals surface area contributed by atoms with Crippen molar-refractivity contribution in [2.45, 2.75) is 32.2 Å². The fourth-order valence-corrected chi connectivity index (χ4v) is 1.72. The molecule has 2 nitrogen and oxygen atoms in total. The molecule has 1 aromatic rings. The van der Waals surface area contributed by atoms with Gasteiger partial charge in [0.25, 0.3) is 0 Å². The molecule has 1 N–H and O–H groups in total. The van der Waals surface area contributed by atoms with Gasteiger partial charge < -0.3 is 10.1 Å². The van der Waals surface area contributed by atoms with Gasteiger partial charge in [0.15, 0.2) is 0 Å². The summed E-state index contributed by atoms with van der Waals surface area (Å²) in [6.07, 6.45) is -3.01. The molecule has 0 saturated carbocycles. The summed E-state index contributed by atoms with van der Waals surface area (Å²) >= 11 is 0. The minimum Gasteiger partial charge on any atom is -0.406 e. The van der Waals surface area contributed by atoms with Crippen molar-refractivity contribution in [1.29, 1.82) is 0 Å². The first kappa shape index (κ1) is 15.6. The van der Waals surface area contributed by atoms with Crippen molar-refractivity contribution in [2.24, 2.45) is 0 Å². The smallest absolute Gasteiger partial charge is 0.406 e. The molecular formula is C14H18F3NO. The summed E-state index contributed by atoms with van der Waals surface area (Å²) < 4.78 is 39.9. The van der Waals surface area contributed by atoms with Gasteiger partial charge in [0, 0.05) is 6.04 Å². The molecule has 0 radical (unpaired) electrons. The molecule has 0 spiro atoms. The first-order chi connectivity index (χ1) is 8.85. The second-order valence-corrected chi connectivity index (χ2v) is 4.27. The molecule has 0 aliphatic rings. The van der Waals surface area contributed by atoms with E-state index in [0.717, 1.165) is 24.0 Å². The average Bonchev–Trinajstić information content (AvgIpc) is 2.35. The highest BCUT2D eigenvalue weighted by Gasteiger charge is 2.31. The Kier molecular flexibility index (Phi) is 5.42. The Bertz CT molecular complexity index is 412. The minimum absolute atomic E-state index is 0.0485. The van der Waals surface area contributed by atoms with Gasteiger partial charge in [-0.1, -0.05) is 31.2 Å². The highest BCUT2D eigenvalue weighted by Crippen LogP contribution is 2.26. The molecule has 1 aromatic carbocycles. The van der Waals surface area contributed by atoms with Gasteiger partial charge in [0.2, 0.25) is 0 Å². The summed E-state index contributed by atoms with van der Waals surface area (Å²) in [6, 6.07) is 5.95. The molecule has 19 heavy (non-hydrogen) atoms. The molecule has 0 saturated heterocycles. The Morgan fingerprint density at radius 2 is 1.89 bits per heavy atom. The standard InChI is InChI=1S/C14H18F3NO/c1-4-10(2)9-13(18-3)11-5-7-12(8-6-11)19-14(15,16)17/h5-8,13,18H,2,4,9H2,1,3H3. The minimum atomic E-state index is -4.65. The van der Waals surface area contributed by atoms with Crippen LogP contribution in [0.3, 0.4) is 0 Å². The van der Waals surface area contributed by atoms with Gasteiger partial charge in [-0.15, -0.1) is 13.2 Å². The molecule has 0 aromatic heterocycles. The van der Waals surface area contributed by atoms with Gasteiger partial charge in [-0.25, -0.2) is 0 Å². The van der Waals surface area contributed by atoms with E-state index in [1.165, 1.54) is 12.1 Å². The number of hydrogen-bond donors (Lipinski definition) is 1. The zero-order chi connectivity index (χ0) is 14.5. The van der Waals surface area contributed by atoms with Gasteiger partial charge in [-0.2, -0.15) is 0 Å². The van der Waals surface area contributed by atoms with Gasteiger partial charge >= 0.3 is 6.36 Å². The molecule has 0 heterocycles. The molecule has 5 heteroatoms. The van der Waals surface area contributed by atoms with Crippen molar-refractivity contribution in [3.8, 4) is 5.75 Å². The summed E-state index contributed by atoms with van der Waals surface area (Å²) in [6.45, 7) is 5.96. The van der Waals surface area contributed by atoms with Crippen LogP contribution >= 0.6 is 0 Å². The lowest BCUT2D eigenvalue weighted by atomic mass is 9.98. The number of nitrogens with one attached hydrogen (secondary N) is 1. The van der Waals surface area contributed by atoms with Crippen LogP contribution in [-0.4, -0.2) is 13.4 Å². The van der Waals surface area contributed by atoms with Crippen molar-refractivity contribution in [3.63, 3.8) is 0 Å². The zero-order valence-electron chi connectivity index (χ0n) is 11.1. The summed E-state index contributed by atoms with van der Waals surface area (Å²) in [7, 11) is 1.81. The first-order valence-electron chi connectivity index (χ1n) is 6.05. The number of rotatable bonds is 6. The second kappa shape index (κ2) is 6.61. The highest BCUT2D eigenvalue weighted by molar-refractivity contribution is 5.30. The lowest BCUT2D eigenvalue weighted by molar-refractivity contribution is -0.274. The van der Waals surface area contributed by atoms with Crippen LogP contribution in [0, 0.1) is 0 Å². The summed E-state index contributed by atoms with van der Waals surface area (Å²) in [5, 5.41) is 3.13. The number of hydrogen-bond acceptors (Lipinski definition) is 2. The molecule has 0 aliphatic carbocycles. The van der Waals surface area contributed by atoms with E-state index >= 15 is 0 Å². The van der Waals surface area contributed by atoms with E-state index in [0.29, 0.717) is 0 Å². The summed E-state index contributed by atoms with van der Waals surface area (Å²) in [5.41, 5.74) is 2.00. The highest BCUT2D eigenvalue weighted by atomic mass is 19.4. The third-order valence-corrected chi connectivity index (χ3v) is 2.86. The molecule has 0 bridgehead atoms. The fraction of sp³-hybridized carbons (Fsp3) is 0.429. The van der Waals surface area contributed by atoms with Crippen LogP contribution < -0.4 is 10.1 Å². The number of halogens is 3. The molecule has 0 amide bonds.